The van der Waals surface area contributed by atoms with Crippen molar-refractivity contribution in [3.8, 4) is 5.75 Å². The molecule has 1 heterocycles. The van der Waals surface area contributed by atoms with E-state index in [0.29, 0.717) is 30.2 Å². The number of furan rings is 1. The van der Waals surface area contributed by atoms with Crippen molar-refractivity contribution in [2.24, 2.45) is 0 Å². The summed E-state index contributed by atoms with van der Waals surface area (Å²) >= 11 is 0. The number of ether oxygens (including phenoxy) is 1. The molecule has 0 aliphatic carbocycles. The minimum Gasteiger partial charge on any atom is -0.490 e. The van der Waals surface area contributed by atoms with E-state index in [4.69, 9.17) is 9.15 Å². The molecule has 3 rings (SSSR count). The number of anilines is 1. The van der Waals surface area contributed by atoms with Gasteiger partial charge in [0.05, 0.1) is 11.5 Å². The monoisotopic (exact) mass is 416 g/mol. The lowest BCUT2D eigenvalue weighted by Gasteiger charge is -2.08. The van der Waals surface area contributed by atoms with Crippen molar-refractivity contribution in [2.45, 2.75) is 31.6 Å². The van der Waals surface area contributed by atoms with Gasteiger partial charge in [-0.2, -0.15) is 0 Å². The van der Waals surface area contributed by atoms with E-state index in [1.165, 1.54) is 12.1 Å². The van der Waals surface area contributed by atoms with Gasteiger partial charge in [0.15, 0.2) is 17.1 Å². The Balaban J connectivity index is 1.79. The summed E-state index contributed by atoms with van der Waals surface area (Å²) in [5.41, 5.74) is 0.856. The van der Waals surface area contributed by atoms with Gasteiger partial charge < -0.3 is 14.5 Å². The fourth-order valence-corrected chi connectivity index (χ4v) is 3.94. The number of amides is 1. The Bertz CT molecular complexity index is 1110. The Morgan fingerprint density at radius 3 is 2.66 bits per heavy atom. The van der Waals surface area contributed by atoms with Crippen molar-refractivity contribution >= 4 is 32.6 Å². The average molecular weight is 416 g/mol. The summed E-state index contributed by atoms with van der Waals surface area (Å²) in [4.78, 5) is 12.7. The minimum absolute atomic E-state index is 0.0923. The molecule has 0 radical (unpaired) electrons. The Labute approximate surface area is 170 Å². The highest BCUT2D eigenvalue weighted by molar-refractivity contribution is 7.89. The van der Waals surface area contributed by atoms with Gasteiger partial charge >= 0.3 is 0 Å². The summed E-state index contributed by atoms with van der Waals surface area (Å²) in [5, 5.41) is 3.43. The fourth-order valence-electron chi connectivity index (χ4n) is 2.82. The van der Waals surface area contributed by atoms with Crippen molar-refractivity contribution in [2.75, 3.05) is 18.5 Å². The third-order valence-corrected chi connectivity index (χ3v) is 5.71. The molecule has 0 spiro atoms. The largest absolute Gasteiger partial charge is 0.490 e. The summed E-state index contributed by atoms with van der Waals surface area (Å²) in [5.74, 6) is 0.203. The molecule has 29 heavy (non-hydrogen) atoms. The van der Waals surface area contributed by atoms with Crippen LogP contribution in [0.1, 0.15) is 37.2 Å². The van der Waals surface area contributed by atoms with Crippen LogP contribution in [0, 0.1) is 0 Å². The first-order chi connectivity index (χ1) is 13.9. The zero-order chi connectivity index (χ0) is 20.9. The van der Waals surface area contributed by atoms with E-state index in [0.717, 1.165) is 18.2 Å². The third-order valence-electron chi connectivity index (χ3n) is 4.26. The quantitative estimate of drug-likeness (QED) is 0.511. The van der Waals surface area contributed by atoms with Gasteiger partial charge in [-0.15, -0.1) is 0 Å². The maximum Gasteiger partial charge on any atom is 0.291 e. The second-order valence-corrected chi connectivity index (χ2v) is 8.22. The summed E-state index contributed by atoms with van der Waals surface area (Å²) in [6, 6.07) is 13.2. The molecule has 2 N–H and O–H groups in total. The molecule has 154 valence electrons. The van der Waals surface area contributed by atoms with Gasteiger partial charge in [-0.25, -0.2) is 13.1 Å². The summed E-state index contributed by atoms with van der Waals surface area (Å²) in [6.45, 7) is 4.71. The highest BCUT2D eigenvalue weighted by atomic mass is 32.2. The molecule has 8 heteroatoms. The second kappa shape index (κ2) is 9.11. The number of carbonyl (C=O) groups is 1. The number of benzene rings is 2. The van der Waals surface area contributed by atoms with Crippen LogP contribution in [0.15, 0.2) is 57.8 Å². The first-order valence-electron chi connectivity index (χ1n) is 9.51. The zero-order valence-corrected chi connectivity index (χ0v) is 17.2. The number of hydrogen-bond donors (Lipinski definition) is 2. The summed E-state index contributed by atoms with van der Waals surface area (Å²) < 4.78 is 38.5. The average Bonchev–Trinajstić information content (AvgIpc) is 3.14. The Morgan fingerprint density at radius 2 is 1.90 bits per heavy atom. The molecule has 0 saturated carbocycles. The van der Waals surface area contributed by atoms with Crippen molar-refractivity contribution in [1.82, 2.24) is 4.72 Å². The number of para-hydroxylation sites is 1. The molecule has 0 bridgehead atoms. The first-order valence-corrected chi connectivity index (χ1v) is 11.0. The van der Waals surface area contributed by atoms with Gasteiger partial charge in [-0.05, 0) is 43.7 Å². The van der Waals surface area contributed by atoms with E-state index in [2.05, 4.69) is 10.0 Å². The molecule has 0 fully saturated rings. The normalized spacial score (nSPS) is 11.5. The number of sulfonamides is 1. The summed E-state index contributed by atoms with van der Waals surface area (Å²) in [7, 11) is -3.63. The highest BCUT2D eigenvalue weighted by Crippen LogP contribution is 2.29. The van der Waals surface area contributed by atoms with Gasteiger partial charge in [-0.3, -0.25) is 4.79 Å². The molecule has 0 unspecified atom stereocenters. The highest BCUT2D eigenvalue weighted by Gasteiger charge is 2.17. The lowest BCUT2D eigenvalue weighted by molar-refractivity contribution is 0.0998. The van der Waals surface area contributed by atoms with Crippen LogP contribution in [-0.4, -0.2) is 27.5 Å². The van der Waals surface area contributed by atoms with E-state index in [-0.39, 0.29) is 10.7 Å². The van der Waals surface area contributed by atoms with E-state index >= 15 is 0 Å². The molecule has 2 aromatic carbocycles. The van der Waals surface area contributed by atoms with Crippen LogP contribution in [0.25, 0.3) is 11.0 Å². The minimum atomic E-state index is -3.63. The van der Waals surface area contributed by atoms with Crippen molar-refractivity contribution < 1.29 is 22.4 Å². The van der Waals surface area contributed by atoms with Gasteiger partial charge in [0.1, 0.15) is 0 Å². The topological polar surface area (TPSA) is 97.6 Å². The van der Waals surface area contributed by atoms with Crippen LogP contribution in [-0.2, 0) is 10.0 Å². The smallest absolute Gasteiger partial charge is 0.291 e. The molecular formula is C21H24N2O5S. The number of rotatable bonds is 9. The Hall–Kier alpha value is -2.84. The van der Waals surface area contributed by atoms with Gasteiger partial charge in [0.2, 0.25) is 10.0 Å². The zero-order valence-electron chi connectivity index (χ0n) is 16.4. The van der Waals surface area contributed by atoms with E-state index < -0.39 is 15.9 Å². The van der Waals surface area contributed by atoms with Crippen LogP contribution in [0.3, 0.4) is 0 Å². The molecule has 0 aliphatic rings. The summed E-state index contributed by atoms with van der Waals surface area (Å²) in [6.07, 6.45) is 1.65. The van der Waals surface area contributed by atoms with E-state index in [9.17, 15) is 13.2 Å². The molecule has 1 aromatic heterocycles. The molecule has 0 atom stereocenters. The number of nitrogens with one attached hydrogen (secondary N) is 2. The van der Waals surface area contributed by atoms with Crippen LogP contribution in [0.5, 0.6) is 5.75 Å². The Kier molecular flexibility index (Phi) is 6.56. The fraction of sp³-hybridized carbons (Fsp3) is 0.286. The van der Waals surface area contributed by atoms with E-state index in [1.54, 1.807) is 24.3 Å². The molecule has 0 aliphatic heterocycles. The van der Waals surface area contributed by atoms with Crippen molar-refractivity contribution in [1.29, 1.82) is 0 Å². The molecule has 0 saturated heterocycles. The third kappa shape index (κ3) is 4.96. The molecule has 1 amide bonds. The predicted molar refractivity (Wildman–Crippen MR) is 112 cm³/mol. The van der Waals surface area contributed by atoms with Crippen LogP contribution in [0.4, 0.5) is 5.69 Å². The van der Waals surface area contributed by atoms with Crippen LogP contribution < -0.4 is 14.8 Å². The van der Waals surface area contributed by atoms with Gasteiger partial charge in [-0.1, -0.05) is 31.5 Å². The molecule has 7 nitrogen and oxygen atoms in total. The van der Waals surface area contributed by atoms with Crippen molar-refractivity contribution in [3.63, 3.8) is 0 Å². The molecule has 3 aromatic rings. The number of fused-ring (bicyclic) bond motifs is 1. The predicted octanol–water partition coefficient (Wildman–Crippen LogP) is 4.16. The number of carbonyl (C=O) groups excluding carboxylic acids is 1. The standard InChI is InChI=1S/C21H24N2O5S/c1-3-5-12-22-29(25,26)17-10-7-9-16(14-17)23-21(24)19-13-15-8-6-11-18(27-4-2)20(15)28-19/h6-11,13-14,22H,3-5,12H2,1-2H3,(H,23,24). The van der Waals surface area contributed by atoms with Gasteiger partial charge in [0, 0.05) is 17.6 Å². The lowest BCUT2D eigenvalue weighted by Crippen LogP contribution is -2.24. The number of unbranched alkanes of at least 4 members (excludes halogenated alkanes) is 1. The Morgan fingerprint density at radius 1 is 1.10 bits per heavy atom. The SMILES string of the molecule is CCCCNS(=O)(=O)c1cccc(NC(=O)c2cc3cccc(OCC)c3o2)c1. The van der Waals surface area contributed by atoms with Crippen molar-refractivity contribution in [3.05, 3.63) is 54.3 Å². The maximum atomic E-state index is 12.6. The maximum absolute atomic E-state index is 12.6. The molecular weight excluding hydrogens is 392 g/mol. The van der Waals surface area contributed by atoms with Crippen LogP contribution in [0.2, 0.25) is 0 Å². The second-order valence-electron chi connectivity index (χ2n) is 6.45. The lowest BCUT2D eigenvalue weighted by atomic mass is 10.2. The van der Waals surface area contributed by atoms with Gasteiger partial charge in [0.25, 0.3) is 5.91 Å². The van der Waals surface area contributed by atoms with Crippen LogP contribution >= 0.6 is 0 Å². The first kappa shape index (κ1) is 20.9. The number of hydrogen-bond acceptors (Lipinski definition) is 5. The van der Waals surface area contributed by atoms with E-state index in [1.807, 2.05) is 26.0 Å².